The highest BCUT2D eigenvalue weighted by molar-refractivity contribution is 7.98. The molecule has 0 bridgehead atoms. The Morgan fingerprint density at radius 2 is 1.53 bits per heavy atom. The minimum absolute atomic E-state index is 0.0630. The number of carboxylic acid groups (broad SMARTS) is 2. The molecule has 34 heavy (non-hydrogen) atoms. The standard InChI is InChI=1S/C24H26N2O7S/c1-34-11-10-19(22(29)25-20(23(30)31)12-21(27)28)26-24(32)33-13-18-16-8-4-2-6-14(16)15-7-3-5-9-17(15)18/h2-9,18-20H,10-13H2,1H3,(H,25,29)(H,26,32)(H,27,28)(H,30,31)/t19-,20-/m0/s1. The van der Waals surface area contributed by atoms with Gasteiger partial charge in [0, 0.05) is 5.92 Å². The minimum atomic E-state index is -1.61. The highest BCUT2D eigenvalue weighted by Gasteiger charge is 2.31. The third-order valence-electron chi connectivity index (χ3n) is 5.56. The number of rotatable bonds is 11. The van der Waals surface area contributed by atoms with Gasteiger partial charge in [-0.2, -0.15) is 11.8 Å². The van der Waals surface area contributed by atoms with E-state index in [1.54, 1.807) is 0 Å². The number of amides is 2. The van der Waals surface area contributed by atoms with Crippen LogP contribution in [0.4, 0.5) is 4.79 Å². The monoisotopic (exact) mass is 486 g/mol. The van der Waals surface area contributed by atoms with Gasteiger partial charge in [0.25, 0.3) is 0 Å². The van der Waals surface area contributed by atoms with E-state index in [-0.39, 0.29) is 18.9 Å². The van der Waals surface area contributed by atoms with Crippen LogP contribution in [0.25, 0.3) is 11.1 Å². The molecule has 0 fully saturated rings. The smallest absolute Gasteiger partial charge is 0.407 e. The van der Waals surface area contributed by atoms with Gasteiger partial charge in [-0.3, -0.25) is 9.59 Å². The largest absolute Gasteiger partial charge is 0.481 e. The number of ether oxygens (including phenoxy) is 1. The Labute approximate surface area is 200 Å². The number of benzene rings is 2. The maximum Gasteiger partial charge on any atom is 0.407 e. The van der Waals surface area contributed by atoms with Crippen molar-refractivity contribution in [3.63, 3.8) is 0 Å². The van der Waals surface area contributed by atoms with Gasteiger partial charge in [0.05, 0.1) is 6.42 Å². The van der Waals surface area contributed by atoms with Gasteiger partial charge in [-0.05, 0) is 40.7 Å². The van der Waals surface area contributed by atoms with Gasteiger partial charge in [0.2, 0.25) is 5.91 Å². The van der Waals surface area contributed by atoms with Crippen molar-refractivity contribution >= 4 is 35.7 Å². The number of nitrogens with one attached hydrogen (secondary N) is 2. The molecule has 10 heteroatoms. The molecule has 0 unspecified atom stereocenters. The predicted octanol–water partition coefficient (Wildman–Crippen LogP) is 2.69. The van der Waals surface area contributed by atoms with Gasteiger partial charge in [-0.15, -0.1) is 0 Å². The van der Waals surface area contributed by atoms with Crippen LogP contribution in [-0.4, -0.2) is 64.9 Å². The van der Waals surface area contributed by atoms with Crippen LogP contribution >= 0.6 is 11.8 Å². The first-order chi connectivity index (χ1) is 16.3. The molecule has 1 aliphatic carbocycles. The molecule has 2 aromatic carbocycles. The molecule has 0 saturated heterocycles. The molecule has 0 spiro atoms. The van der Waals surface area contributed by atoms with Crippen molar-refractivity contribution in [1.82, 2.24) is 10.6 Å². The van der Waals surface area contributed by atoms with E-state index in [2.05, 4.69) is 10.6 Å². The average Bonchev–Trinajstić information content (AvgIpc) is 3.13. The molecule has 1 aliphatic rings. The number of aliphatic carboxylic acids is 2. The maximum atomic E-state index is 12.6. The number of hydrogen-bond acceptors (Lipinski definition) is 6. The van der Waals surface area contributed by atoms with E-state index in [9.17, 15) is 24.3 Å². The van der Waals surface area contributed by atoms with Gasteiger partial charge >= 0.3 is 18.0 Å². The van der Waals surface area contributed by atoms with Crippen LogP contribution in [0.3, 0.4) is 0 Å². The Hall–Kier alpha value is -3.53. The van der Waals surface area contributed by atoms with Crippen LogP contribution in [0, 0.1) is 0 Å². The van der Waals surface area contributed by atoms with Gasteiger partial charge < -0.3 is 25.6 Å². The van der Waals surface area contributed by atoms with Gasteiger partial charge in [-0.25, -0.2) is 9.59 Å². The van der Waals surface area contributed by atoms with Crippen molar-refractivity contribution < 1.29 is 34.1 Å². The third kappa shape index (κ3) is 6.07. The van der Waals surface area contributed by atoms with E-state index in [0.29, 0.717) is 5.75 Å². The first-order valence-corrected chi connectivity index (χ1v) is 12.1. The number of hydrogen-bond donors (Lipinski definition) is 4. The number of carboxylic acids is 2. The summed E-state index contributed by atoms with van der Waals surface area (Å²) in [5.74, 6) is -3.25. The molecular weight excluding hydrogens is 460 g/mol. The van der Waals surface area contributed by atoms with Gasteiger partial charge in [-0.1, -0.05) is 48.5 Å². The lowest BCUT2D eigenvalue weighted by atomic mass is 9.98. The fraction of sp³-hybridized carbons (Fsp3) is 0.333. The molecule has 180 valence electrons. The number of fused-ring (bicyclic) bond motifs is 3. The lowest BCUT2D eigenvalue weighted by Gasteiger charge is -2.21. The summed E-state index contributed by atoms with van der Waals surface area (Å²) in [6.07, 6.45) is 0.457. The lowest BCUT2D eigenvalue weighted by Crippen LogP contribution is -2.52. The van der Waals surface area contributed by atoms with Crippen molar-refractivity contribution in [1.29, 1.82) is 0 Å². The number of carbonyl (C=O) groups is 4. The minimum Gasteiger partial charge on any atom is -0.481 e. The Morgan fingerprint density at radius 1 is 0.941 bits per heavy atom. The van der Waals surface area contributed by atoms with E-state index in [0.717, 1.165) is 22.3 Å². The van der Waals surface area contributed by atoms with Crippen molar-refractivity contribution in [3.05, 3.63) is 59.7 Å². The number of carbonyl (C=O) groups excluding carboxylic acids is 2. The topological polar surface area (TPSA) is 142 Å². The van der Waals surface area contributed by atoms with E-state index in [1.165, 1.54) is 11.8 Å². The fourth-order valence-electron chi connectivity index (χ4n) is 3.93. The summed E-state index contributed by atoms with van der Waals surface area (Å²) in [7, 11) is 0. The van der Waals surface area contributed by atoms with E-state index >= 15 is 0 Å². The zero-order valence-electron chi connectivity index (χ0n) is 18.5. The number of thioether (sulfide) groups is 1. The second kappa shape index (κ2) is 11.6. The molecule has 9 nitrogen and oxygen atoms in total. The summed E-state index contributed by atoms with van der Waals surface area (Å²) in [6, 6.07) is 13.1. The highest BCUT2D eigenvalue weighted by Crippen LogP contribution is 2.44. The normalized spacial score (nSPS) is 13.8. The molecule has 0 aliphatic heterocycles. The summed E-state index contributed by atoms with van der Waals surface area (Å²) in [4.78, 5) is 47.4. The van der Waals surface area contributed by atoms with Crippen LogP contribution in [-0.2, 0) is 19.1 Å². The summed E-state index contributed by atoms with van der Waals surface area (Å²) in [6.45, 7) is 0.0630. The summed E-state index contributed by atoms with van der Waals surface area (Å²) < 4.78 is 5.47. The fourth-order valence-corrected chi connectivity index (χ4v) is 4.41. The van der Waals surface area contributed by atoms with Gasteiger partial charge in [0.15, 0.2) is 0 Å². The lowest BCUT2D eigenvalue weighted by molar-refractivity contribution is -0.147. The molecule has 0 radical (unpaired) electrons. The number of alkyl carbamates (subject to hydrolysis) is 1. The molecule has 2 amide bonds. The molecule has 3 rings (SSSR count). The van der Waals surface area contributed by atoms with Crippen molar-refractivity contribution in [2.45, 2.75) is 30.8 Å². The predicted molar refractivity (Wildman–Crippen MR) is 127 cm³/mol. The molecule has 0 aromatic heterocycles. The van der Waals surface area contributed by atoms with Gasteiger partial charge in [0.1, 0.15) is 18.7 Å². The summed E-state index contributed by atoms with van der Waals surface area (Å²) in [5.41, 5.74) is 4.27. The summed E-state index contributed by atoms with van der Waals surface area (Å²) >= 11 is 1.45. The second-order valence-electron chi connectivity index (χ2n) is 7.80. The average molecular weight is 487 g/mol. The third-order valence-corrected chi connectivity index (χ3v) is 6.20. The van der Waals surface area contributed by atoms with Crippen molar-refractivity contribution in [3.8, 4) is 11.1 Å². The maximum absolute atomic E-state index is 12.6. The molecule has 0 saturated carbocycles. The van der Waals surface area contributed by atoms with Crippen molar-refractivity contribution in [2.24, 2.45) is 0 Å². The van der Waals surface area contributed by atoms with E-state index < -0.39 is 42.4 Å². The Morgan fingerprint density at radius 3 is 2.06 bits per heavy atom. The Balaban J connectivity index is 1.65. The second-order valence-corrected chi connectivity index (χ2v) is 8.79. The van der Waals surface area contributed by atoms with Crippen LogP contribution in [0.1, 0.15) is 29.9 Å². The van der Waals surface area contributed by atoms with Crippen LogP contribution in [0.15, 0.2) is 48.5 Å². The quantitative estimate of drug-likeness (QED) is 0.380. The molecule has 0 heterocycles. The summed E-state index contributed by atoms with van der Waals surface area (Å²) in [5, 5.41) is 22.7. The highest BCUT2D eigenvalue weighted by atomic mass is 32.2. The van der Waals surface area contributed by atoms with Crippen LogP contribution in [0.2, 0.25) is 0 Å². The van der Waals surface area contributed by atoms with Crippen LogP contribution < -0.4 is 10.6 Å². The molecule has 2 atom stereocenters. The van der Waals surface area contributed by atoms with E-state index in [4.69, 9.17) is 9.84 Å². The first-order valence-electron chi connectivity index (χ1n) is 10.7. The Kier molecular flexibility index (Phi) is 8.53. The SMILES string of the molecule is CSCC[C@H](NC(=O)OCC1c2ccccc2-c2ccccc21)C(=O)N[C@@H](CC(=O)O)C(=O)O. The van der Waals surface area contributed by atoms with Crippen LogP contribution in [0.5, 0.6) is 0 Å². The Bertz CT molecular complexity index is 1030. The molecular formula is C24H26N2O7S. The van der Waals surface area contributed by atoms with Crippen molar-refractivity contribution in [2.75, 3.05) is 18.6 Å². The first kappa shape index (κ1) is 25.1. The zero-order chi connectivity index (χ0) is 24.7. The molecule has 2 aromatic rings. The van der Waals surface area contributed by atoms with E-state index in [1.807, 2.05) is 54.8 Å². The molecule has 4 N–H and O–H groups in total. The zero-order valence-corrected chi connectivity index (χ0v) is 19.3.